The van der Waals surface area contributed by atoms with Crippen LogP contribution < -0.4 is 10.8 Å². The Balaban J connectivity index is 1.75. The molecule has 6 nitrogen and oxygen atoms in total. The minimum Gasteiger partial charge on any atom is -0.317 e. The molecule has 0 bridgehead atoms. The van der Waals surface area contributed by atoms with Crippen molar-refractivity contribution < 1.29 is 9.63 Å². The molecule has 0 radical (unpaired) electrons. The van der Waals surface area contributed by atoms with Crippen molar-refractivity contribution in [3.05, 3.63) is 59.7 Å². The Morgan fingerprint density at radius 3 is 2.47 bits per heavy atom. The van der Waals surface area contributed by atoms with Crippen LogP contribution in [0.5, 0.6) is 0 Å². The largest absolute Gasteiger partial charge is 0.322 e. The Kier molecular flexibility index (Phi) is 8.94. The number of piperidine rings is 1. The Morgan fingerprint density at radius 1 is 1.12 bits per heavy atom. The van der Waals surface area contributed by atoms with Gasteiger partial charge in [0.1, 0.15) is 0 Å². The Hall–Kier alpha value is -2.57. The second kappa shape index (κ2) is 11.9. The number of urea groups is 1. The number of anilines is 2. The molecule has 1 fully saturated rings. The van der Waals surface area contributed by atoms with Crippen molar-refractivity contribution in [2.45, 2.75) is 65.1 Å². The van der Waals surface area contributed by atoms with Gasteiger partial charge >= 0.3 is 6.03 Å². The second-order valence-electron chi connectivity index (χ2n) is 8.73. The molecule has 1 heterocycles. The number of carbonyl (C=O) groups is 1. The SMILES string of the molecule is CCCC(C)N1CCC(N(Cc2ccccc2)C(=O)Nc2cccc(NOC)c2C)CC1. The van der Waals surface area contributed by atoms with Gasteiger partial charge in [0.2, 0.25) is 0 Å². The van der Waals surface area contributed by atoms with Crippen LogP contribution in [0.4, 0.5) is 16.2 Å². The molecule has 32 heavy (non-hydrogen) atoms. The fraction of sp³-hybridized carbons (Fsp3) is 0.500. The first-order chi connectivity index (χ1) is 15.5. The van der Waals surface area contributed by atoms with Gasteiger partial charge in [0.25, 0.3) is 0 Å². The van der Waals surface area contributed by atoms with Gasteiger partial charge in [0, 0.05) is 37.4 Å². The molecule has 0 spiro atoms. The number of hydrogen-bond donors (Lipinski definition) is 2. The van der Waals surface area contributed by atoms with E-state index in [1.807, 2.05) is 48.2 Å². The van der Waals surface area contributed by atoms with E-state index in [1.165, 1.54) is 12.8 Å². The van der Waals surface area contributed by atoms with Crippen LogP contribution >= 0.6 is 0 Å². The molecule has 2 N–H and O–H groups in total. The summed E-state index contributed by atoms with van der Waals surface area (Å²) in [7, 11) is 1.58. The predicted octanol–water partition coefficient (Wildman–Crippen LogP) is 5.66. The molecule has 2 aromatic rings. The van der Waals surface area contributed by atoms with Gasteiger partial charge in [-0.15, -0.1) is 0 Å². The van der Waals surface area contributed by atoms with E-state index in [4.69, 9.17) is 4.84 Å². The number of nitrogens with one attached hydrogen (secondary N) is 2. The fourth-order valence-electron chi connectivity index (χ4n) is 4.56. The van der Waals surface area contributed by atoms with E-state index in [9.17, 15) is 4.79 Å². The number of amides is 2. The number of rotatable bonds is 9. The summed E-state index contributed by atoms with van der Waals surface area (Å²) in [6.45, 7) is 9.23. The third kappa shape index (κ3) is 6.24. The van der Waals surface area contributed by atoms with Gasteiger partial charge in [-0.05, 0) is 56.4 Å². The first-order valence-electron chi connectivity index (χ1n) is 11.8. The summed E-state index contributed by atoms with van der Waals surface area (Å²) in [6.07, 6.45) is 4.43. The number of likely N-dealkylation sites (tertiary alicyclic amines) is 1. The lowest BCUT2D eigenvalue weighted by Crippen LogP contribution is -2.50. The maximum Gasteiger partial charge on any atom is 0.322 e. The maximum absolute atomic E-state index is 13.5. The van der Waals surface area contributed by atoms with Crippen LogP contribution in [0.25, 0.3) is 0 Å². The smallest absolute Gasteiger partial charge is 0.317 e. The lowest BCUT2D eigenvalue weighted by atomic mass is 10.00. The molecule has 0 aliphatic carbocycles. The molecule has 1 saturated heterocycles. The van der Waals surface area contributed by atoms with Crippen molar-refractivity contribution >= 4 is 17.4 Å². The second-order valence-corrected chi connectivity index (χ2v) is 8.73. The molecule has 1 unspecified atom stereocenters. The first kappa shape index (κ1) is 24.1. The van der Waals surface area contributed by atoms with Gasteiger partial charge in [0.15, 0.2) is 0 Å². The molecule has 1 aliphatic heterocycles. The van der Waals surface area contributed by atoms with Crippen molar-refractivity contribution in [1.29, 1.82) is 0 Å². The van der Waals surface area contributed by atoms with Crippen molar-refractivity contribution in [2.75, 3.05) is 31.0 Å². The van der Waals surface area contributed by atoms with E-state index in [1.54, 1.807) is 7.11 Å². The van der Waals surface area contributed by atoms with E-state index in [2.05, 4.69) is 41.7 Å². The normalized spacial score (nSPS) is 15.9. The molecule has 3 rings (SSSR count). The topological polar surface area (TPSA) is 56.8 Å². The first-order valence-corrected chi connectivity index (χ1v) is 11.8. The molecule has 1 atom stereocenters. The highest BCUT2D eigenvalue weighted by atomic mass is 16.6. The predicted molar refractivity (Wildman–Crippen MR) is 132 cm³/mol. The van der Waals surface area contributed by atoms with Gasteiger partial charge in [-0.3, -0.25) is 10.3 Å². The van der Waals surface area contributed by atoms with Crippen LogP contribution in [0, 0.1) is 6.92 Å². The Morgan fingerprint density at radius 2 is 1.81 bits per heavy atom. The van der Waals surface area contributed by atoms with Crippen molar-refractivity contribution in [1.82, 2.24) is 9.80 Å². The van der Waals surface area contributed by atoms with Crippen molar-refractivity contribution in [2.24, 2.45) is 0 Å². The zero-order chi connectivity index (χ0) is 22.9. The average molecular weight is 439 g/mol. The highest BCUT2D eigenvalue weighted by Gasteiger charge is 2.29. The zero-order valence-corrected chi connectivity index (χ0v) is 19.9. The summed E-state index contributed by atoms with van der Waals surface area (Å²) >= 11 is 0. The zero-order valence-electron chi connectivity index (χ0n) is 19.9. The standard InChI is InChI=1S/C26H38N4O2/c1-5-10-20(2)29-17-15-23(16-18-29)30(19-22-11-7-6-8-12-22)26(31)27-24-13-9-14-25(21(24)3)28-32-4/h6-9,11-14,20,23,28H,5,10,15-19H2,1-4H3,(H,27,31). The summed E-state index contributed by atoms with van der Waals surface area (Å²) in [5.74, 6) is 0. The molecule has 0 aromatic heterocycles. The van der Waals surface area contributed by atoms with E-state index in [0.29, 0.717) is 12.6 Å². The number of benzene rings is 2. The van der Waals surface area contributed by atoms with Crippen molar-refractivity contribution in [3.63, 3.8) is 0 Å². The lowest BCUT2D eigenvalue weighted by Gasteiger charge is -2.40. The third-order valence-corrected chi connectivity index (χ3v) is 6.51. The summed E-state index contributed by atoms with van der Waals surface area (Å²) < 4.78 is 0. The van der Waals surface area contributed by atoms with Gasteiger partial charge in [-0.1, -0.05) is 49.7 Å². The highest BCUT2D eigenvalue weighted by Crippen LogP contribution is 2.26. The van der Waals surface area contributed by atoms with Crippen LogP contribution in [0.3, 0.4) is 0 Å². The van der Waals surface area contributed by atoms with Crippen LogP contribution in [0.1, 0.15) is 50.7 Å². The van der Waals surface area contributed by atoms with Gasteiger partial charge in [0.05, 0.1) is 12.8 Å². The fourth-order valence-corrected chi connectivity index (χ4v) is 4.56. The number of nitrogens with zero attached hydrogens (tertiary/aromatic N) is 2. The van der Waals surface area contributed by atoms with Crippen LogP contribution in [0.2, 0.25) is 0 Å². The number of hydrogen-bond acceptors (Lipinski definition) is 4. The molecule has 6 heteroatoms. The molecule has 174 valence electrons. The lowest BCUT2D eigenvalue weighted by molar-refractivity contribution is 0.0989. The molecule has 1 aliphatic rings. The van der Waals surface area contributed by atoms with E-state index in [-0.39, 0.29) is 12.1 Å². The van der Waals surface area contributed by atoms with Gasteiger partial charge in [-0.2, -0.15) is 0 Å². The summed E-state index contributed by atoms with van der Waals surface area (Å²) in [5, 5.41) is 3.16. The van der Waals surface area contributed by atoms with Crippen LogP contribution in [-0.4, -0.2) is 48.1 Å². The number of carbonyl (C=O) groups excluding carboxylic acids is 1. The van der Waals surface area contributed by atoms with E-state index < -0.39 is 0 Å². The van der Waals surface area contributed by atoms with Crippen molar-refractivity contribution in [3.8, 4) is 0 Å². The quantitative estimate of drug-likeness (QED) is 0.496. The minimum atomic E-state index is -0.0495. The maximum atomic E-state index is 13.5. The van der Waals surface area contributed by atoms with E-state index in [0.717, 1.165) is 48.4 Å². The third-order valence-electron chi connectivity index (χ3n) is 6.51. The molecule has 2 aromatic carbocycles. The summed E-state index contributed by atoms with van der Waals surface area (Å²) in [4.78, 5) is 23.2. The molecular weight excluding hydrogens is 400 g/mol. The van der Waals surface area contributed by atoms with Crippen LogP contribution in [0.15, 0.2) is 48.5 Å². The highest BCUT2D eigenvalue weighted by molar-refractivity contribution is 5.91. The van der Waals surface area contributed by atoms with Gasteiger partial charge < -0.3 is 15.1 Å². The Bertz CT molecular complexity index is 850. The summed E-state index contributed by atoms with van der Waals surface area (Å²) in [5.41, 5.74) is 6.62. The summed E-state index contributed by atoms with van der Waals surface area (Å²) in [6, 6.07) is 16.8. The molecule has 0 saturated carbocycles. The monoisotopic (exact) mass is 438 g/mol. The molecule has 2 amide bonds. The van der Waals surface area contributed by atoms with Gasteiger partial charge in [-0.25, -0.2) is 4.79 Å². The average Bonchev–Trinajstić information content (AvgIpc) is 2.81. The van der Waals surface area contributed by atoms with E-state index >= 15 is 0 Å². The minimum absolute atomic E-state index is 0.0495. The van der Waals surface area contributed by atoms with Crippen LogP contribution in [-0.2, 0) is 11.4 Å². The Labute approximate surface area is 192 Å². The molecular formula is C26H38N4O2.